The smallest absolute Gasteiger partial charge is 0.191 e. The quantitative estimate of drug-likeness (QED) is 0.598. The lowest BCUT2D eigenvalue weighted by molar-refractivity contribution is 0.386. The molecule has 25 heavy (non-hydrogen) atoms. The number of benzene rings is 2. The van der Waals surface area contributed by atoms with Gasteiger partial charge in [0, 0.05) is 20.1 Å². The molecule has 0 heterocycles. The summed E-state index contributed by atoms with van der Waals surface area (Å²) in [5.41, 5.74) is 2.03. The number of halogens is 1. The lowest BCUT2D eigenvalue weighted by Gasteiger charge is -2.12. The van der Waals surface area contributed by atoms with Gasteiger partial charge < -0.3 is 20.1 Å². The van der Waals surface area contributed by atoms with Crippen molar-refractivity contribution in [3.8, 4) is 11.5 Å². The highest BCUT2D eigenvalue weighted by molar-refractivity contribution is 5.79. The summed E-state index contributed by atoms with van der Waals surface area (Å²) in [7, 11) is 4.81. The number of rotatable bonds is 7. The molecule has 0 radical (unpaired) electrons. The summed E-state index contributed by atoms with van der Waals surface area (Å²) in [5.74, 6) is 1.39. The van der Waals surface area contributed by atoms with Crippen molar-refractivity contribution < 1.29 is 13.9 Å². The van der Waals surface area contributed by atoms with Crippen LogP contribution in [0.4, 0.5) is 4.39 Å². The van der Waals surface area contributed by atoms with E-state index in [1.165, 1.54) is 18.7 Å². The van der Waals surface area contributed by atoms with Crippen molar-refractivity contribution in [2.45, 2.75) is 13.0 Å². The minimum absolute atomic E-state index is 0.241. The maximum Gasteiger partial charge on any atom is 0.191 e. The molecule has 0 unspecified atom stereocenters. The van der Waals surface area contributed by atoms with Crippen molar-refractivity contribution in [2.75, 3.05) is 27.8 Å². The summed E-state index contributed by atoms with van der Waals surface area (Å²) >= 11 is 0. The van der Waals surface area contributed by atoms with E-state index in [1.54, 1.807) is 20.2 Å². The van der Waals surface area contributed by atoms with Crippen molar-refractivity contribution in [2.24, 2.45) is 4.99 Å². The molecule has 0 spiro atoms. The van der Waals surface area contributed by atoms with Crippen LogP contribution in [0.3, 0.4) is 0 Å². The zero-order valence-corrected chi connectivity index (χ0v) is 14.8. The number of nitrogens with zero attached hydrogens (tertiary/aromatic N) is 1. The first-order valence-corrected chi connectivity index (χ1v) is 8.06. The summed E-state index contributed by atoms with van der Waals surface area (Å²) in [6.45, 7) is 1.21. The Morgan fingerprint density at radius 1 is 1.00 bits per heavy atom. The summed E-state index contributed by atoms with van der Waals surface area (Å²) in [6.07, 6.45) is 0.863. The van der Waals surface area contributed by atoms with E-state index in [9.17, 15) is 4.39 Å². The third-order valence-electron chi connectivity index (χ3n) is 3.76. The second kappa shape index (κ2) is 9.52. The van der Waals surface area contributed by atoms with Crippen LogP contribution < -0.4 is 20.1 Å². The van der Waals surface area contributed by atoms with Crippen molar-refractivity contribution in [3.63, 3.8) is 0 Å². The van der Waals surface area contributed by atoms with Crippen LogP contribution in [-0.4, -0.2) is 33.8 Å². The zero-order chi connectivity index (χ0) is 18.1. The molecule has 0 aliphatic heterocycles. The Bertz CT molecular complexity index is 702. The Kier molecular flexibility index (Phi) is 7.07. The molecule has 2 aromatic rings. The van der Waals surface area contributed by atoms with E-state index in [-0.39, 0.29) is 11.6 Å². The molecule has 0 fully saturated rings. The minimum atomic E-state index is -0.371. The number of nitrogens with one attached hydrogen (secondary N) is 2. The molecule has 2 rings (SSSR count). The maximum atomic E-state index is 13.7. The number of aliphatic imine (C=N–C) groups is 1. The SMILES string of the molecule is CN=C(NCCc1ccc(OC)cc1)NCc1ccc(OC)c(F)c1. The first-order chi connectivity index (χ1) is 12.2. The molecule has 0 aromatic heterocycles. The van der Waals surface area contributed by atoms with Gasteiger partial charge in [-0.1, -0.05) is 18.2 Å². The van der Waals surface area contributed by atoms with Crippen molar-refractivity contribution in [3.05, 3.63) is 59.4 Å². The predicted molar refractivity (Wildman–Crippen MR) is 97.9 cm³/mol. The number of guanidine groups is 1. The van der Waals surface area contributed by atoms with Gasteiger partial charge in [-0.3, -0.25) is 4.99 Å². The van der Waals surface area contributed by atoms with Gasteiger partial charge in [0.1, 0.15) is 5.75 Å². The van der Waals surface area contributed by atoms with Crippen LogP contribution in [0.15, 0.2) is 47.5 Å². The molecule has 134 valence electrons. The molecule has 0 saturated heterocycles. The number of hydrogen-bond acceptors (Lipinski definition) is 3. The highest BCUT2D eigenvalue weighted by atomic mass is 19.1. The fourth-order valence-corrected chi connectivity index (χ4v) is 2.34. The van der Waals surface area contributed by atoms with E-state index in [2.05, 4.69) is 15.6 Å². The van der Waals surface area contributed by atoms with Gasteiger partial charge in [0.15, 0.2) is 17.5 Å². The van der Waals surface area contributed by atoms with Gasteiger partial charge in [-0.25, -0.2) is 4.39 Å². The largest absolute Gasteiger partial charge is 0.497 e. The molecular weight excluding hydrogens is 321 g/mol. The molecule has 0 bridgehead atoms. The summed E-state index contributed by atoms with van der Waals surface area (Å²) in [6, 6.07) is 12.9. The van der Waals surface area contributed by atoms with Gasteiger partial charge in [-0.05, 0) is 41.8 Å². The minimum Gasteiger partial charge on any atom is -0.497 e. The predicted octanol–water partition coefficient (Wildman–Crippen LogP) is 2.75. The van der Waals surface area contributed by atoms with E-state index < -0.39 is 0 Å². The van der Waals surface area contributed by atoms with Gasteiger partial charge in [0.05, 0.1) is 14.2 Å². The number of ether oxygens (including phenoxy) is 2. The lowest BCUT2D eigenvalue weighted by Crippen LogP contribution is -2.37. The van der Waals surface area contributed by atoms with Crippen LogP contribution >= 0.6 is 0 Å². The van der Waals surface area contributed by atoms with Gasteiger partial charge in [0.25, 0.3) is 0 Å². The van der Waals surface area contributed by atoms with Crippen LogP contribution in [-0.2, 0) is 13.0 Å². The summed E-state index contributed by atoms with van der Waals surface area (Å²) < 4.78 is 23.8. The van der Waals surface area contributed by atoms with Gasteiger partial charge >= 0.3 is 0 Å². The number of hydrogen-bond donors (Lipinski definition) is 2. The molecule has 2 N–H and O–H groups in total. The Morgan fingerprint density at radius 3 is 2.32 bits per heavy atom. The van der Waals surface area contributed by atoms with E-state index in [4.69, 9.17) is 9.47 Å². The van der Waals surface area contributed by atoms with E-state index in [1.807, 2.05) is 30.3 Å². The summed E-state index contributed by atoms with van der Waals surface area (Å²) in [5, 5.41) is 6.41. The second-order valence-corrected chi connectivity index (χ2v) is 5.42. The highest BCUT2D eigenvalue weighted by Crippen LogP contribution is 2.17. The van der Waals surface area contributed by atoms with Crippen molar-refractivity contribution >= 4 is 5.96 Å². The first-order valence-electron chi connectivity index (χ1n) is 8.06. The van der Waals surface area contributed by atoms with Gasteiger partial charge in [0.2, 0.25) is 0 Å². The molecule has 0 aliphatic rings. The fraction of sp³-hybridized carbons (Fsp3) is 0.316. The highest BCUT2D eigenvalue weighted by Gasteiger charge is 2.04. The van der Waals surface area contributed by atoms with Crippen LogP contribution in [0.1, 0.15) is 11.1 Å². The molecule has 0 saturated carbocycles. The summed E-state index contributed by atoms with van der Waals surface area (Å²) in [4.78, 5) is 4.17. The van der Waals surface area contributed by atoms with E-state index >= 15 is 0 Å². The third-order valence-corrected chi connectivity index (χ3v) is 3.76. The topological polar surface area (TPSA) is 54.9 Å². The van der Waals surface area contributed by atoms with E-state index in [0.717, 1.165) is 24.3 Å². The monoisotopic (exact) mass is 345 g/mol. The Labute approximate surface area is 147 Å². The molecule has 5 nitrogen and oxygen atoms in total. The van der Waals surface area contributed by atoms with Crippen LogP contribution in [0, 0.1) is 5.82 Å². The molecule has 0 amide bonds. The van der Waals surface area contributed by atoms with E-state index in [0.29, 0.717) is 12.5 Å². The lowest BCUT2D eigenvalue weighted by atomic mass is 10.1. The molecular formula is C19H24FN3O2. The van der Waals surface area contributed by atoms with Crippen LogP contribution in [0.25, 0.3) is 0 Å². The normalized spacial score (nSPS) is 11.1. The second-order valence-electron chi connectivity index (χ2n) is 5.42. The average Bonchev–Trinajstić information content (AvgIpc) is 2.65. The van der Waals surface area contributed by atoms with Crippen molar-refractivity contribution in [1.29, 1.82) is 0 Å². The molecule has 6 heteroatoms. The van der Waals surface area contributed by atoms with Crippen LogP contribution in [0.2, 0.25) is 0 Å². The molecule has 0 atom stereocenters. The van der Waals surface area contributed by atoms with Gasteiger partial charge in [-0.15, -0.1) is 0 Å². The third kappa shape index (κ3) is 5.67. The van der Waals surface area contributed by atoms with Crippen molar-refractivity contribution in [1.82, 2.24) is 10.6 Å². The standard InChI is InChI=1S/C19H24FN3O2/c1-21-19(22-11-10-14-4-7-16(24-2)8-5-14)23-13-15-6-9-18(25-3)17(20)12-15/h4-9,12H,10-11,13H2,1-3H3,(H2,21,22,23). The Balaban J connectivity index is 1.79. The van der Waals surface area contributed by atoms with Gasteiger partial charge in [-0.2, -0.15) is 0 Å². The Hall–Kier alpha value is -2.76. The first kappa shape index (κ1) is 18.6. The fourth-order valence-electron chi connectivity index (χ4n) is 2.34. The zero-order valence-electron chi connectivity index (χ0n) is 14.8. The number of methoxy groups -OCH3 is 2. The Morgan fingerprint density at radius 2 is 1.72 bits per heavy atom. The maximum absolute atomic E-state index is 13.7. The van der Waals surface area contributed by atoms with Crippen LogP contribution in [0.5, 0.6) is 11.5 Å². The molecule has 2 aromatic carbocycles. The average molecular weight is 345 g/mol. The molecule has 0 aliphatic carbocycles.